The average Bonchev–Trinajstić information content (AvgIpc) is 2.62. The minimum absolute atomic E-state index is 0. The first kappa shape index (κ1) is 21.7. The Balaban J connectivity index is 0.00000131. The summed E-state index contributed by atoms with van der Waals surface area (Å²) in [7, 11) is 0. The van der Waals surface area contributed by atoms with Crippen LogP contribution in [0.1, 0.15) is 70.4 Å². The summed E-state index contributed by atoms with van der Waals surface area (Å²) in [5.74, 6) is -0.0431. The molecule has 2 atom stereocenters. The van der Waals surface area contributed by atoms with E-state index in [0.717, 1.165) is 60.9 Å². The highest BCUT2D eigenvalue weighted by Gasteiger charge is 2.24. The lowest BCUT2D eigenvalue weighted by Gasteiger charge is -2.26. The van der Waals surface area contributed by atoms with Crippen molar-refractivity contribution in [3.05, 3.63) is 64.2 Å². The fraction of sp³-hybridized carbons (Fsp3) is 0.381. The molecule has 0 radical (unpaired) electrons. The van der Waals surface area contributed by atoms with Crippen LogP contribution >= 0.6 is 24.8 Å². The quantitative estimate of drug-likeness (QED) is 0.687. The van der Waals surface area contributed by atoms with Crippen LogP contribution in [0.5, 0.6) is 0 Å². The Morgan fingerprint density at radius 1 is 0.852 bits per heavy atom. The van der Waals surface area contributed by atoms with Crippen LogP contribution in [0.25, 0.3) is 0 Å². The van der Waals surface area contributed by atoms with Crippen LogP contribution in [0.15, 0.2) is 36.4 Å². The summed E-state index contributed by atoms with van der Waals surface area (Å²) in [6, 6.07) is 12.1. The predicted octanol–water partition coefficient (Wildman–Crippen LogP) is 4.45. The standard InChI is InChI=1S/C21H25N3O.2ClH/c22-18-10-2-5-13-14(18)6-1-9-17(13)21(25)24-20-12-4-7-15-16(20)8-3-11-19(15)23;;/h1,4,6-7,9,12,18-19H,2-3,5,8,10-11,22-23H2,(H,24,25);2*1H. The molecular formula is C21H27Cl2N3O. The van der Waals surface area contributed by atoms with Crippen LogP contribution in [0.3, 0.4) is 0 Å². The predicted molar refractivity (Wildman–Crippen MR) is 115 cm³/mol. The number of fused-ring (bicyclic) bond motifs is 2. The molecule has 0 saturated heterocycles. The van der Waals surface area contributed by atoms with Crippen LogP contribution in [-0.2, 0) is 12.8 Å². The Bertz CT molecular complexity index is 825. The van der Waals surface area contributed by atoms with Crippen molar-refractivity contribution in [3.8, 4) is 0 Å². The molecule has 0 aromatic heterocycles. The number of hydrogen-bond donors (Lipinski definition) is 3. The molecule has 2 aliphatic rings. The Morgan fingerprint density at radius 2 is 1.41 bits per heavy atom. The lowest BCUT2D eigenvalue weighted by Crippen LogP contribution is -2.23. The van der Waals surface area contributed by atoms with Crippen LogP contribution in [-0.4, -0.2) is 5.91 Å². The van der Waals surface area contributed by atoms with Crippen molar-refractivity contribution in [1.29, 1.82) is 0 Å². The largest absolute Gasteiger partial charge is 0.324 e. The van der Waals surface area contributed by atoms with E-state index in [1.807, 2.05) is 24.3 Å². The Labute approximate surface area is 172 Å². The summed E-state index contributed by atoms with van der Waals surface area (Å²) in [6.07, 6.45) is 5.99. The van der Waals surface area contributed by atoms with Gasteiger partial charge in [0.25, 0.3) is 5.91 Å². The number of carbonyl (C=O) groups is 1. The van der Waals surface area contributed by atoms with Gasteiger partial charge in [-0.3, -0.25) is 4.79 Å². The third kappa shape index (κ3) is 4.14. The molecule has 4 rings (SSSR count). The van der Waals surface area contributed by atoms with E-state index in [1.165, 1.54) is 11.1 Å². The second kappa shape index (κ2) is 9.07. The molecule has 4 nitrogen and oxygen atoms in total. The number of halogens is 2. The lowest BCUT2D eigenvalue weighted by molar-refractivity contribution is 0.102. The summed E-state index contributed by atoms with van der Waals surface area (Å²) in [6.45, 7) is 0. The number of nitrogens with one attached hydrogen (secondary N) is 1. The Morgan fingerprint density at radius 3 is 2.07 bits per heavy atom. The van der Waals surface area contributed by atoms with Crippen LogP contribution in [0, 0.1) is 0 Å². The minimum atomic E-state index is -0.0431. The SMILES string of the molecule is Cl.Cl.NC1CCCc2c(NC(=O)c3cccc4c3CCCC4N)cccc21. The van der Waals surface area contributed by atoms with E-state index in [1.54, 1.807) is 0 Å². The molecule has 146 valence electrons. The second-order valence-electron chi connectivity index (χ2n) is 7.20. The van der Waals surface area contributed by atoms with Gasteiger partial charge >= 0.3 is 0 Å². The zero-order valence-corrected chi connectivity index (χ0v) is 16.9. The third-order valence-electron chi connectivity index (χ3n) is 5.60. The van der Waals surface area contributed by atoms with Crippen LogP contribution in [0.4, 0.5) is 5.69 Å². The Hall–Kier alpha value is -1.59. The lowest BCUT2D eigenvalue weighted by atomic mass is 9.85. The first-order chi connectivity index (χ1) is 12.1. The Kier molecular flexibility index (Phi) is 7.29. The molecule has 0 aliphatic heterocycles. The molecule has 6 heteroatoms. The summed E-state index contributed by atoms with van der Waals surface area (Å²) in [5.41, 5.74) is 18.7. The number of carbonyl (C=O) groups excluding carboxylic acids is 1. The molecular weight excluding hydrogens is 381 g/mol. The van der Waals surface area contributed by atoms with Gasteiger partial charge in [-0.25, -0.2) is 0 Å². The van der Waals surface area contributed by atoms with E-state index in [-0.39, 0.29) is 42.8 Å². The fourth-order valence-electron chi connectivity index (χ4n) is 4.29. The summed E-state index contributed by atoms with van der Waals surface area (Å²) in [5, 5.41) is 3.14. The molecule has 0 spiro atoms. The summed E-state index contributed by atoms with van der Waals surface area (Å²) >= 11 is 0. The monoisotopic (exact) mass is 407 g/mol. The van der Waals surface area contributed by atoms with Crippen LogP contribution in [0.2, 0.25) is 0 Å². The van der Waals surface area contributed by atoms with Crippen molar-refractivity contribution in [2.75, 3.05) is 5.32 Å². The molecule has 0 saturated carbocycles. The van der Waals surface area contributed by atoms with Gasteiger partial charge in [-0.15, -0.1) is 24.8 Å². The number of benzene rings is 2. The molecule has 2 aliphatic carbocycles. The number of hydrogen-bond acceptors (Lipinski definition) is 3. The molecule has 0 heterocycles. The van der Waals surface area contributed by atoms with E-state index in [2.05, 4.69) is 17.4 Å². The van der Waals surface area contributed by atoms with Gasteiger partial charge in [-0.2, -0.15) is 0 Å². The highest BCUT2D eigenvalue weighted by atomic mass is 35.5. The molecule has 0 fully saturated rings. The first-order valence-electron chi connectivity index (χ1n) is 9.21. The highest BCUT2D eigenvalue weighted by molar-refractivity contribution is 6.06. The van der Waals surface area contributed by atoms with Crippen molar-refractivity contribution in [3.63, 3.8) is 0 Å². The number of anilines is 1. The van der Waals surface area contributed by atoms with Crippen LogP contribution < -0.4 is 16.8 Å². The zero-order chi connectivity index (χ0) is 17.4. The highest BCUT2D eigenvalue weighted by Crippen LogP contribution is 2.34. The molecule has 27 heavy (non-hydrogen) atoms. The van der Waals surface area contributed by atoms with Crippen molar-refractivity contribution >= 4 is 36.4 Å². The number of amides is 1. The van der Waals surface area contributed by atoms with E-state index in [4.69, 9.17) is 11.5 Å². The number of nitrogens with two attached hydrogens (primary N) is 2. The van der Waals surface area contributed by atoms with E-state index >= 15 is 0 Å². The van der Waals surface area contributed by atoms with Gasteiger partial charge in [-0.1, -0.05) is 24.3 Å². The van der Waals surface area contributed by atoms with Gasteiger partial charge in [-0.05, 0) is 72.9 Å². The molecule has 1 amide bonds. The van der Waals surface area contributed by atoms with Crippen molar-refractivity contribution < 1.29 is 4.79 Å². The summed E-state index contributed by atoms with van der Waals surface area (Å²) in [4.78, 5) is 13.0. The fourth-order valence-corrected chi connectivity index (χ4v) is 4.29. The van der Waals surface area contributed by atoms with E-state index in [9.17, 15) is 4.79 Å². The molecule has 5 N–H and O–H groups in total. The van der Waals surface area contributed by atoms with Crippen molar-refractivity contribution in [2.24, 2.45) is 11.5 Å². The maximum Gasteiger partial charge on any atom is 0.255 e. The molecule has 2 unspecified atom stereocenters. The molecule has 0 bridgehead atoms. The van der Waals surface area contributed by atoms with Gasteiger partial charge in [0, 0.05) is 23.3 Å². The minimum Gasteiger partial charge on any atom is -0.324 e. The number of rotatable bonds is 2. The maximum absolute atomic E-state index is 13.0. The first-order valence-corrected chi connectivity index (χ1v) is 9.21. The van der Waals surface area contributed by atoms with Crippen molar-refractivity contribution in [1.82, 2.24) is 0 Å². The van der Waals surface area contributed by atoms with E-state index < -0.39 is 0 Å². The van der Waals surface area contributed by atoms with Gasteiger partial charge in [0.1, 0.15) is 0 Å². The van der Waals surface area contributed by atoms with Gasteiger partial charge in [0.2, 0.25) is 0 Å². The van der Waals surface area contributed by atoms with Gasteiger partial charge in [0.05, 0.1) is 0 Å². The smallest absolute Gasteiger partial charge is 0.255 e. The topological polar surface area (TPSA) is 81.1 Å². The third-order valence-corrected chi connectivity index (χ3v) is 5.60. The van der Waals surface area contributed by atoms with Gasteiger partial charge in [0.15, 0.2) is 0 Å². The molecule has 2 aromatic rings. The normalized spacial score (nSPS) is 20.4. The zero-order valence-electron chi connectivity index (χ0n) is 15.2. The maximum atomic E-state index is 13.0. The van der Waals surface area contributed by atoms with Crippen molar-refractivity contribution in [2.45, 2.75) is 50.6 Å². The summed E-state index contributed by atoms with van der Waals surface area (Å²) < 4.78 is 0. The average molecular weight is 408 g/mol. The van der Waals surface area contributed by atoms with Gasteiger partial charge < -0.3 is 16.8 Å². The second-order valence-corrected chi connectivity index (χ2v) is 7.20. The molecule has 2 aromatic carbocycles. The van der Waals surface area contributed by atoms with E-state index in [0.29, 0.717) is 0 Å².